The van der Waals surface area contributed by atoms with Crippen molar-refractivity contribution in [1.29, 1.82) is 0 Å². The summed E-state index contributed by atoms with van der Waals surface area (Å²) in [4.78, 5) is 38.2. The van der Waals surface area contributed by atoms with Gasteiger partial charge in [0.2, 0.25) is 0 Å². The largest absolute Gasteiger partial charge is 0.462 e. The molecule has 0 amide bonds. The highest BCUT2D eigenvalue weighted by molar-refractivity contribution is 5.71. The van der Waals surface area contributed by atoms with Crippen molar-refractivity contribution < 1.29 is 28.6 Å². The van der Waals surface area contributed by atoms with Crippen molar-refractivity contribution in [2.75, 3.05) is 13.2 Å². The average Bonchev–Trinajstić information content (AvgIpc) is 3.38. The Balaban J connectivity index is 4.19. The van der Waals surface area contributed by atoms with Crippen LogP contribution in [0.1, 0.15) is 323 Å². The van der Waals surface area contributed by atoms with Gasteiger partial charge in [-0.3, -0.25) is 14.4 Å². The minimum absolute atomic E-state index is 0.0730. The highest BCUT2D eigenvalue weighted by Gasteiger charge is 2.19. The number of rotatable bonds is 57. The van der Waals surface area contributed by atoms with Crippen LogP contribution in [0.15, 0.2) is 60.8 Å². The van der Waals surface area contributed by atoms with E-state index in [1.807, 2.05) is 0 Å². The van der Waals surface area contributed by atoms with E-state index in [1.165, 1.54) is 193 Å². The Morgan fingerprint density at radius 2 is 0.556 bits per heavy atom. The topological polar surface area (TPSA) is 78.9 Å². The number of hydrogen-bond acceptors (Lipinski definition) is 6. The number of allylic oxidation sites excluding steroid dienone is 10. The molecule has 0 radical (unpaired) electrons. The third kappa shape index (κ3) is 58.0. The summed E-state index contributed by atoms with van der Waals surface area (Å²) in [5.74, 6) is -0.866. The van der Waals surface area contributed by atoms with Crippen LogP contribution in [-0.2, 0) is 28.6 Å². The van der Waals surface area contributed by atoms with E-state index in [-0.39, 0.29) is 31.1 Å². The molecule has 0 fully saturated rings. The first-order valence-electron chi connectivity index (χ1n) is 31.3. The van der Waals surface area contributed by atoms with E-state index in [4.69, 9.17) is 14.2 Å². The molecular weight excluding hydrogens is 889 g/mol. The van der Waals surface area contributed by atoms with Gasteiger partial charge in [-0.05, 0) is 77.0 Å². The van der Waals surface area contributed by atoms with Crippen molar-refractivity contribution in [3.8, 4) is 0 Å². The van der Waals surface area contributed by atoms with Crippen LogP contribution < -0.4 is 0 Å². The molecule has 0 aromatic rings. The molecule has 6 nitrogen and oxygen atoms in total. The fraction of sp³-hybridized carbons (Fsp3) is 0.803. The normalized spacial score (nSPS) is 12.4. The molecule has 0 aliphatic rings. The quantitative estimate of drug-likeness (QED) is 0.0261. The summed E-state index contributed by atoms with van der Waals surface area (Å²) in [7, 11) is 0. The zero-order valence-corrected chi connectivity index (χ0v) is 47.9. The Morgan fingerprint density at radius 3 is 0.903 bits per heavy atom. The molecule has 0 heterocycles. The zero-order valence-electron chi connectivity index (χ0n) is 47.9. The van der Waals surface area contributed by atoms with Crippen LogP contribution in [0.5, 0.6) is 0 Å². The summed E-state index contributed by atoms with van der Waals surface area (Å²) in [6.07, 6.45) is 76.6. The van der Waals surface area contributed by atoms with E-state index in [1.54, 1.807) is 0 Å². The van der Waals surface area contributed by atoms with Gasteiger partial charge in [0.05, 0.1) is 0 Å². The second-order valence-electron chi connectivity index (χ2n) is 20.9. The van der Waals surface area contributed by atoms with E-state index in [9.17, 15) is 14.4 Å². The average molecular weight is 1010 g/mol. The van der Waals surface area contributed by atoms with Crippen LogP contribution in [0.2, 0.25) is 0 Å². The maximum Gasteiger partial charge on any atom is 0.306 e. The molecule has 0 aliphatic heterocycles. The minimum Gasteiger partial charge on any atom is -0.462 e. The van der Waals surface area contributed by atoms with Gasteiger partial charge >= 0.3 is 17.9 Å². The summed E-state index contributed by atoms with van der Waals surface area (Å²) in [5.41, 5.74) is 0. The van der Waals surface area contributed by atoms with E-state index in [0.29, 0.717) is 19.3 Å². The van der Waals surface area contributed by atoms with Gasteiger partial charge in [0.25, 0.3) is 0 Å². The maximum absolute atomic E-state index is 12.9. The number of unbranched alkanes of at least 4 members (excludes halogenated alkanes) is 36. The second-order valence-corrected chi connectivity index (χ2v) is 20.9. The SMILES string of the molecule is CC/C=C\C/C=C\C/C=C\C/C=C\CCCCCCCCCCCCCCCCC(=O)OCC(COC(=O)CCCCCCC/C=C\CCCC)OC(=O)CCCCCCCCCCCCCCCCCC. The maximum atomic E-state index is 12.9. The highest BCUT2D eigenvalue weighted by atomic mass is 16.6. The highest BCUT2D eigenvalue weighted by Crippen LogP contribution is 2.17. The Labute approximate surface area is 447 Å². The lowest BCUT2D eigenvalue weighted by molar-refractivity contribution is -0.167. The number of esters is 3. The molecule has 0 saturated carbocycles. The fourth-order valence-electron chi connectivity index (χ4n) is 9.06. The first kappa shape index (κ1) is 69.1. The van der Waals surface area contributed by atoms with Gasteiger partial charge in [-0.1, -0.05) is 287 Å². The predicted octanol–water partition coefficient (Wildman–Crippen LogP) is 21.2. The molecule has 0 aromatic heterocycles. The molecule has 0 rings (SSSR count). The van der Waals surface area contributed by atoms with Crippen LogP contribution >= 0.6 is 0 Å². The van der Waals surface area contributed by atoms with Crippen LogP contribution in [0.3, 0.4) is 0 Å². The zero-order chi connectivity index (χ0) is 52.2. The molecule has 0 aromatic carbocycles. The molecular formula is C66H118O6. The lowest BCUT2D eigenvalue weighted by Crippen LogP contribution is -2.30. The summed E-state index contributed by atoms with van der Waals surface area (Å²) >= 11 is 0. The van der Waals surface area contributed by atoms with Crippen molar-refractivity contribution in [2.24, 2.45) is 0 Å². The van der Waals surface area contributed by atoms with Crippen LogP contribution in [0, 0.1) is 0 Å². The summed E-state index contributed by atoms with van der Waals surface area (Å²) in [6.45, 7) is 6.52. The molecule has 72 heavy (non-hydrogen) atoms. The summed E-state index contributed by atoms with van der Waals surface area (Å²) in [6, 6.07) is 0. The van der Waals surface area contributed by atoms with Gasteiger partial charge < -0.3 is 14.2 Å². The fourth-order valence-corrected chi connectivity index (χ4v) is 9.06. The van der Waals surface area contributed by atoms with Crippen molar-refractivity contribution in [2.45, 2.75) is 329 Å². The Hall–Kier alpha value is -2.89. The van der Waals surface area contributed by atoms with Crippen molar-refractivity contribution in [1.82, 2.24) is 0 Å². The van der Waals surface area contributed by atoms with Crippen LogP contribution in [-0.4, -0.2) is 37.2 Å². The second kappa shape index (κ2) is 60.7. The number of carbonyl (C=O) groups is 3. The molecule has 0 aliphatic carbocycles. The first-order chi connectivity index (χ1) is 35.5. The van der Waals surface area contributed by atoms with E-state index in [2.05, 4.69) is 81.5 Å². The van der Waals surface area contributed by atoms with Crippen LogP contribution in [0.25, 0.3) is 0 Å². The molecule has 0 bridgehead atoms. The minimum atomic E-state index is -0.774. The molecule has 0 N–H and O–H groups in total. The van der Waals surface area contributed by atoms with Gasteiger partial charge in [0.15, 0.2) is 6.10 Å². The Kier molecular flexibility index (Phi) is 58.2. The molecule has 418 valence electrons. The third-order valence-electron chi connectivity index (χ3n) is 13.8. The molecule has 0 saturated heterocycles. The standard InChI is InChI=1S/C66H118O6/c1-4-7-10-13-16-19-22-24-26-28-29-30-31-32-33-34-35-36-37-38-40-41-44-47-50-53-56-59-65(68)71-62-63(61-70-64(67)58-55-52-49-46-43-21-18-15-12-9-6-3)72-66(69)60-57-54-51-48-45-42-39-27-25-23-20-17-14-11-8-5-2/h7,10,15-16,18-19,24,26,29-30,63H,4-6,8-9,11-14,17,20-23,25,27-28,31-62H2,1-3H3/b10-7-,18-15-,19-16-,26-24-,30-29-. The van der Waals surface area contributed by atoms with Crippen LogP contribution in [0.4, 0.5) is 0 Å². The smallest absolute Gasteiger partial charge is 0.306 e. The lowest BCUT2D eigenvalue weighted by Gasteiger charge is -2.18. The monoisotopic (exact) mass is 1010 g/mol. The molecule has 1 atom stereocenters. The van der Waals surface area contributed by atoms with Gasteiger partial charge in [-0.25, -0.2) is 0 Å². The van der Waals surface area contributed by atoms with Crippen molar-refractivity contribution in [3.05, 3.63) is 60.8 Å². The van der Waals surface area contributed by atoms with Gasteiger partial charge in [0, 0.05) is 19.3 Å². The molecule has 0 spiro atoms. The number of carbonyl (C=O) groups excluding carboxylic acids is 3. The van der Waals surface area contributed by atoms with Crippen molar-refractivity contribution in [3.63, 3.8) is 0 Å². The van der Waals surface area contributed by atoms with E-state index < -0.39 is 6.10 Å². The Morgan fingerprint density at radius 1 is 0.292 bits per heavy atom. The van der Waals surface area contributed by atoms with E-state index >= 15 is 0 Å². The van der Waals surface area contributed by atoms with Crippen molar-refractivity contribution >= 4 is 17.9 Å². The predicted molar refractivity (Wildman–Crippen MR) is 312 cm³/mol. The Bertz CT molecular complexity index is 1290. The summed E-state index contributed by atoms with van der Waals surface area (Å²) in [5, 5.41) is 0. The molecule has 1 unspecified atom stereocenters. The number of hydrogen-bond donors (Lipinski definition) is 0. The lowest BCUT2D eigenvalue weighted by atomic mass is 10.0. The first-order valence-corrected chi connectivity index (χ1v) is 31.3. The number of ether oxygens (including phenoxy) is 3. The van der Waals surface area contributed by atoms with Gasteiger partial charge in [-0.15, -0.1) is 0 Å². The summed E-state index contributed by atoms with van der Waals surface area (Å²) < 4.78 is 16.9. The molecule has 6 heteroatoms. The van der Waals surface area contributed by atoms with Gasteiger partial charge in [-0.2, -0.15) is 0 Å². The van der Waals surface area contributed by atoms with E-state index in [0.717, 1.165) is 89.9 Å². The van der Waals surface area contributed by atoms with Gasteiger partial charge in [0.1, 0.15) is 13.2 Å². The third-order valence-corrected chi connectivity index (χ3v) is 13.8.